The van der Waals surface area contributed by atoms with E-state index >= 15 is 4.39 Å². The van der Waals surface area contributed by atoms with Crippen LogP contribution in [0.4, 0.5) is 28.9 Å². The number of benzene rings is 2. The number of aldehydes is 1. The lowest BCUT2D eigenvalue weighted by molar-refractivity contribution is -0.144. The third-order valence-corrected chi connectivity index (χ3v) is 13.2. The second-order valence-corrected chi connectivity index (χ2v) is 19.9. The normalized spacial score (nSPS) is 14.4. The Morgan fingerprint density at radius 2 is 1.73 bits per heavy atom. The molecule has 2 N–H and O–H groups in total. The second-order valence-electron chi connectivity index (χ2n) is 18.3. The number of amides is 3. The summed E-state index contributed by atoms with van der Waals surface area (Å²) in [5.41, 5.74) is -0.397. The number of aryl methyl sites for hydroxylation is 1. The summed E-state index contributed by atoms with van der Waals surface area (Å²) in [6.07, 6.45) is -1.05. The highest BCUT2D eigenvalue weighted by Crippen LogP contribution is 2.39. The number of thiazole rings is 1. The topological polar surface area (TPSA) is 179 Å². The Balaban J connectivity index is 1.03. The van der Waals surface area contributed by atoms with Gasteiger partial charge >= 0.3 is 6.18 Å². The highest BCUT2D eigenvalue weighted by atomic mass is 35.5. The van der Waals surface area contributed by atoms with E-state index in [1.807, 2.05) is 57.5 Å². The summed E-state index contributed by atoms with van der Waals surface area (Å²) in [7, 11) is 1.22. The van der Waals surface area contributed by atoms with Crippen LogP contribution in [-0.2, 0) is 41.4 Å². The summed E-state index contributed by atoms with van der Waals surface area (Å²) in [6.45, 7) is 11.7. The van der Waals surface area contributed by atoms with Crippen LogP contribution in [0, 0.1) is 29.5 Å². The van der Waals surface area contributed by atoms with E-state index in [1.54, 1.807) is 16.2 Å². The first-order valence-electron chi connectivity index (χ1n) is 22.6. The van der Waals surface area contributed by atoms with Crippen molar-refractivity contribution >= 4 is 75.7 Å². The van der Waals surface area contributed by atoms with E-state index in [2.05, 4.69) is 20.6 Å². The third-order valence-electron chi connectivity index (χ3n) is 11.5. The molecule has 1 fully saturated rings. The van der Waals surface area contributed by atoms with Crippen molar-refractivity contribution in [1.29, 1.82) is 5.26 Å². The molecule has 1 aliphatic heterocycles. The number of nitriles is 1. The van der Waals surface area contributed by atoms with Crippen molar-refractivity contribution in [2.75, 3.05) is 56.4 Å². The molecule has 3 amide bonds. The molecule has 2 aromatic carbocycles. The quantitative estimate of drug-likeness (QED) is 0.0352. The van der Waals surface area contributed by atoms with Crippen LogP contribution in [0.15, 0.2) is 54.2 Å². The van der Waals surface area contributed by atoms with Gasteiger partial charge in [-0.25, -0.2) is 14.4 Å². The van der Waals surface area contributed by atoms with E-state index in [0.717, 1.165) is 38.7 Å². The SMILES string of the molecule is Cc1ncsc1-c1ccc(CNC(=O)[C@@H]2CCCN2C(=O)C(NC(=O)COCCOCCCCOc2ncc(N(C(=S)N(C)c3ccc(C#N)c(C(F)(F)F)c3F)C(C)(C)C=O)cc2Cl)C(C)(C)C)cc1. The van der Waals surface area contributed by atoms with Crippen molar-refractivity contribution in [3.8, 4) is 22.4 Å². The second kappa shape index (κ2) is 24.6. The van der Waals surface area contributed by atoms with E-state index < -0.39 is 57.8 Å². The molecular formula is C49H57ClF4N8O7S2. The van der Waals surface area contributed by atoms with Gasteiger partial charge in [0.15, 0.2) is 10.9 Å². The maximum absolute atomic E-state index is 15.3. The number of thiocarbonyl (C=S) groups is 1. The number of aromatic nitrogens is 2. The summed E-state index contributed by atoms with van der Waals surface area (Å²) in [5.74, 6) is -2.72. The summed E-state index contributed by atoms with van der Waals surface area (Å²) < 4.78 is 73.5. The summed E-state index contributed by atoms with van der Waals surface area (Å²) in [5, 5.41) is 14.7. The third kappa shape index (κ3) is 14.4. The molecule has 1 unspecified atom stereocenters. The monoisotopic (exact) mass is 1040 g/mol. The molecule has 4 aromatic rings. The molecule has 1 saturated heterocycles. The number of carbonyl (C=O) groups is 4. The number of ether oxygens (including phenoxy) is 3. The number of hydrogen-bond donors (Lipinski definition) is 2. The summed E-state index contributed by atoms with van der Waals surface area (Å²) in [6, 6.07) is 10.9. The Morgan fingerprint density at radius 3 is 2.35 bits per heavy atom. The zero-order valence-electron chi connectivity index (χ0n) is 40.5. The van der Waals surface area contributed by atoms with Gasteiger partial charge in [0.25, 0.3) is 0 Å². The molecule has 5 rings (SSSR count). The number of nitrogens with zero attached hydrogens (tertiary/aromatic N) is 6. The standard InChI is InChI=1S/C49H57ClF4N8O7S2/c1-30-41(71-29-58-30)32-14-12-31(13-15-32)25-56-43(65)37-11-10-18-61(37)45(66)42(47(2,3)4)59-38(64)27-68-22-21-67-19-8-9-20-69-44-35(50)23-34(26-57-44)62(48(5,6)28-63)46(70)60(7)36-17-16-33(24-55)39(40(36)51)49(52,53)54/h12-17,23,26,28-29,37,42H,8-11,18-22,25,27H2,1-7H3,(H,56,65)(H,59,64)/t37-,42?/m0/s1. The predicted octanol–water partition coefficient (Wildman–Crippen LogP) is 8.43. The van der Waals surface area contributed by atoms with Gasteiger partial charge in [0, 0.05) is 26.7 Å². The Labute approximate surface area is 424 Å². The molecule has 382 valence electrons. The average Bonchev–Trinajstić information content (AvgIpc) is 3.99. The summed E-state index contributed by atoms with van der Waals surface area (Å²) in [4.78, 5) is 66.0. The Hall–Kier alpha value is -5.79. The van der Waals surface area contributed by atoms with E-state index in [4.69, 9.17) is 43.3 Å². The molecule has 71 heavy (non-hydrogen) atoms. The number of hydrogen-bond acceptors (Lipinski definition) is 12. The minimum absolute atomic E-state index is 0.0268. The molecule has 2 aromatic heterocycles. The van der Waals surface area contributed by atoms with Crippen LogP contribution in [0.25, 0.3) is 10.4 Å². The minimum Gasteiger partial charge on any atom is -0.477 e. The predicted molar refractivity (Wildman–Crippen MR) is 266 cm³/mol. The van der Waals surface area contributed by atoms with Crippen molar-refractivity contribution in [1.82, 2.24) is 25.5 Å². The molecule has 0 aliphatic carbocycles. The number of anilines is 2. The molecule has 0 radical (unpaired) electrons. The van der Waals surface area contributed by atoms with Crippen LogP contribution in [0.5, 0.6) is 5.88 Å². The van der Waals surface area contributed by atoms with Gasteiger partial charge in [0.1, 0.15) is 35.6 Å². The molecule has 1 aliphatic rings. The molecule has 15 nitrogen and oxygen atoms in total. The van der Waals surface area contributed by atoms with Gasteiger partial charge in [0.2, 0.25) is 23.6 Å². The van der Waals surface area contributed by atoms with Crippen molar-refractivity contribution < 1.29 is 51.0 Å². The van der Waals surface area contributed by atoms with Crippen molar-refractivity contribution in [3.63, 3.8) is 0 Å². The van der Waals surface area contributed by atoms with Gasteiger partial charge in [-0.1, -0.05) is 56.6 Å². The average molecular weight is 1050 g/mol. The number of rotatable bonds is 21. The lowest BCUT2D eigenvalue weighted by atomic mass is 9.85. The van der Waals surface area contributed by atoms with Crippen LogP contribution in [0.3, 0.4) is 0 Å². The number of carbonyl (C=O) groups excluding carboxylic acids is 4. The zero-order chi connectivity index (χ0) is 52.3. The zero-order valence-corrected chi connectivity index (χ0v) is 42.8. The molecule has 2 atom stereocenters. The largest absolute Gasteiger partial charge is 0.477 e. The lowest BCUT2D eigenvalue weighted by Gasteiger charge is -2.39. The van der Waals surface area contributed by atoms with Gasteiger partial charge in [0.05, 0.1) is 70.6 Å². The van der Waals surface area contributed by atoms with Gasteiger partial charge in [-0.2, -0.15) is 18.4 Å². The molecule has 3 heterocycles. The molecule has 0 spiro atoms. The molecule has 22 heteroatoms. The van der Waals surface area contributed by atoms with Gasteiger partial charge in [-0.15, -0.1) is 11.3 Å². The first-order valence-corrected chi connectivity index (χ1v) is 24.3. The Bertz CT molecular complexity index is 2590. The van der Waals surface area contributed by atoms with Crippen LogP contribution in [0.1, 0.15) is 82.7 Å². The number of unbranched alkanes of at least 4 members (excludes halogenated alkanes) is 1. The number of halogens is 5. The smallest absolute Gasteiger partial charge is 0.420 e. The number of pyridine rings is 1. The number of nitrogens with one attached hydrogen (secondary N) is 2. The van der Waals surface area contributed by atoms with E-state index in [9.17, 15) is 32.3 Å². The van der Waals surface area contributed by atoms with E-state index in [0.29, 0.717) is 51.7 Å². The molecule has 0 saturated carbocycles. The van der Waals surface area contributed by atoms with Gasteiger partial charge < -0.3 is 44.3 Å². The van der Waals surface area contributed by atoms with Gasteiger partial charge in [-0.05, 0) is 93.4 Å². The van der Waals surface area contributed by atoms with Crippen molar-refractivity contribution in [2.45, 2.75) is 97.6 Å². The summed E-state index contributed by atoms with van der Waals surface area (Å²) >= 11 is 13.7. The number of likely N-dealkylation sites (tertiary alicyclic amines) is 1. The van der Waals surface area contributed by atoms with Crippen molar-refractivity contribution in [2.24, 2.45) is 5.41 Å². The number of alkyl halides is 3. The fraction of sp³-hybridized carbons (Fsp3) is 0.469. The Kier molecular flexibility index (Phi) is 19.4. The van der Waals surface area contributed by atoms with Crippen LogP contribution < -0.4 is 25.2 Å². The fourth-order valence-corrected chi connectivity index (χ4v) is 9.14. The fourth-order valence-electron chi connectivity index (χ4n) is 7.67. The minimum atomic E-state index is -5.17. The first kappa shape index (κ1) is 56.1. The van der Waals surface area contributed by atoms with Crippen LogP contribution >= 0.6 is 35.2 Å². The van der Waals surface area contributed by atoms with Crippen LogP contribution in [0.2, 0.25) is 5.02 Å². The molecular weight excluding hydrogens is 988 g/mol. The van der Waals surface area contributed by atoms with Crippen molar-refractivity contribution in [3.05, 3.63) is 87.4 Å². The maximum Gasteiger partial charge on any atom is 0.420 e. The van der Waals surface area contributed by atoms with E-state index in [-0.39, 0.29) is 59.9 Å². The lowest BCUT2D eigenvalue weighted by Crippen LogP contribution is -2.58. The highest BCUT2D eigenvalue weighted by Gasteiger charge is 2.43. The Morgan fingerprint density at radius 1 is 1.04 bits per heavy atom. The molecule has 0 bridgehead atoms. The highest BCUT2D eigenvalue weighted by molar-refractivity contribution is 7.80. The van der Waals surface area contributed by atoms with E-state index in [1.165, 1.54) is 44.1 Å². The van der Waals surface area contributed by atoms with Crippen LogP contribution in [-0.4, -0.2) is 108 Å². The van der Waals surface area contributed by atoms with Gasteiger partial charge in [-0.3, -0.25) is 14.4 Å². The maximum atomic E-state index is 15.3. The first-order chi connectivity index (χ1) is 33.5.